The molecule has 1 aromatic carbocycles. The Hall–Kier alpha value is -1.61. The van der Waals surface area contributed by atoms with Crippen LogP contribution in [0.1, 0.15) is 59.4 Å². The van der Waals surface area contributed by atoms with Crippen LogP contribution in [0.3, 0.4) is 0 Å². The van der Waals surface area contributed by atoms with E-state index in [0.29, 0.717) is 18.4 Å². The van der Waals surface area contributed by atoms with Gasteiger partial charge >= 0.3 is 5.97 Å². The van der Waals surface area contributed by atoms with Crippen molar-refractivity contribution in [1.82, 2.24) is 0 Å². The van der Waals surface area contributed by atoms with E-state index in [-0.39, 0.29) is 18.0 Å². The molecule has 0 N–H and O–H groups in total. The van der Waals surface area contributed by atoms with E-state index in [1.54, 1.807) is 0 Å². The molecule has 1 rings (SSSR count). The third-order valence-electron chi connectivity index (χ3n) is 4.78. The maximum absolute atomic E-state index is 11.6. The SMILES string of the molecule is COC(=O)[C@@H](C)C[C@@H](C)C/C(C)=C/C[C@H](OCc1ccccc1)C(C)C. The van der Waals surface area contributed by atoms with Gasteiger partial charge in [0.1, 0.15) is 0 Å². The maximum Gasteiger partial charge on any atom is 0.308 e. The molecule has 0 bridgehead atoms. The fourth-order valence-electron chi connectivity index (χ4n) is 3.24. The van der Waals surface area contributed by atoms with Gasteiger partial charge < -0.3 is 9.47 Å². The predicted octanol–water partition coefficient (Wildman–Crippen LogP) is 5.79. The molecule has 146 valence electrons. The Morgan fingerprint density at radius 1 is 1.12 bits per heavy atom. The first-order valence-electron chi connectivity index (χ1n) is 9.72. The smallest absolute Gasteiger partial charge is 0.308 e. The Bertz CT molecular complexity index is 548. The molecule has 0 heterocycles. The topological polar surface area (TPSA) is 35.5 Å². The number of ether oxygens (including phenoxy) is 2. The minimum Gasteiger partial charge on any atom is -0.469 e. The third kappa shape index (κ3) is 8.66. The van der Waals surface area contributed by atoms with E-state index in [2.05, 4.69) is 45.9 Å². The fourth-order valence-corrected chi connectivity index (χ4v) is 3.24. The molecule has 0 aliphatic heterocycles. The Morgan fingerprint density at radius 2 is 1.77 bits per heavy atom. The summed E-state index contributed by atoms with van der Waals surface area (Å²) in [4.78, 5) is 11.6. The highest BCUT2D eigenvalue weighted by molar-refractivity contribution is 5.71. The van der Waals surface area contributed by atoms with E-state index >= 15 is 0 Å². The largest absolute Gasteiger partial charge is 0.469 e. The van der Waals surface area contributed by atoms with Crippen molar-refractivity contribution >= 4 is 5.97 Å². The Balaban J connectivity index is 2.48. The van der Waals surface area contributed by atoms with Crippen molar-refractivity contribution in [3.05, 3.63) is 47.5 Å². The lowest BCUT2D eigenvalue weighted by Gasteiger charge is -2.21. The number of carbonyl (C=O) groups excluding carboxylic acids is 1. The Morgan fingerprint density at radius 3 is 2.35 bits per heavy atom. The number of allylic oxidation sites excluding steroid dienone is 1. The Kier molecular flexibility index (Phi) is 10.3. The van der Waals surface area contributed by atoms with Crippen LogP contribution in [0.2, 0.25) is 0 Å². The van der Waals surface area contributed by atoms with Gasteiger partial charge in [0, 0.05) is 0 Å². The van der Waals surface area contributed by atoms with Gasteiger partial charge in [-0.25, -0.2) is 0 Å². The van der Waals surface area contributed by atoms with Crippen LogP contribution in [0, 0.1) is 17.8 Å². The second kappa shape index (κ2) is 11.9. The number of benzene rings is 1. The first-order chi connectivity index (χ1) is 12.3. The number of rotatable bonds is 11. The summed E-state index contributed by atoms with van der Waals surface area (Å²) in [6.07, 6.45) is 5.31. The van der Waals surface area contributed by atoms with Crippen LogP contribution >= 0.6 is 0 Å². The van der Waals surface area contributed by atoms with Crippen molar-refractivity contribution in [2.24, 2.45) is 17.8 Å². The fraction of sp³-hybridized carbons (Fsp3) is 0.609. The highest BCUT2D eigenvalue weighted by Gasteiger charge is 2.17. The van der Waals surface area contributed by atoms with Crippen molar-refractivity contribution in [3.63, 3.8) is 0 Å². The predicted molar refractivity (Wildman–Crippen MR) is 108 cm³/mol. The standard InChI is InChI=1S/C23H36O3/c1-17(2)22(26-16-21-10-8-7-9-11-21)13-12-18(3)14-19(4)15-20(5)23(24)25-6/h7-12,17,19-20,22H,13-16H2,1-6H3/b18-12+/t19-,20-,22-/m0/s1. The highest BCUT2D eigenvalue weighted by atomic mass is 16.5. The van der Waals surface area contributed by atoms with Crippen LogP contribution in [0.4, 0.5) is 0 Å². The second-order valence-corrected chi connectivity index (χ2v) is 7.83. The van der Waals surface area contributed by atoms with Gasteiger partial charge in [0.2, 0.25) is 0 Å². The lowest BCUT2D eigenvalue weighted by Crippen LogP contribution is -2.19. The van der Waals surface area contributed by atoms with E-state index in [0.717, 1.165) is 19.3 Å². The molecule has 0 saturated heterocycles. The summed E-state index contributed by atoms with van der Waals surface area (Å²) < 4.78 is 11.0. The van der Waals surface area contributed by atoms with Crippen LogP contribution in [-0.4, -0.2) is 19.2 Å². The zero-order chi connectivity index (χ0) is 19.5. The monoisotopic (exact) mass is 360 g/mol. The van der Waals surface area contributed by atoms with Gasteiger partial charge in [-0.05, 0) is 43.6 Å². The first-order valence-corrected chi connectivity index (χ1v) is 9.72. The van der Waals surface area contributed by atoms with Crippen molar-refractivity contribution < 1.29 is 14.3 Å². The molecule has 3 atom stereocenters. The van der Waals surface area contributed by atoms with Crippen molar-refractivity contribution in [1.29, 1.82) is 0 Å². The van der Waals surface area contributed by atoms with Crippen LogP contribution in [-0.2, 0) is 20.9 Å². The molecule has 0 aliphatic rings. The molecular formula is C23H36O3. The third-order valence-corrected chi connectivity index (χ3v) is 4.78. The second-order valence-electron chi connectivity index (χ2n) is 7.83. The molecule has 3 heteroatoms. The molecule has 0 fully saturated rings. The number of hydrogen-bond acceptors (Lipinski definition) is 3. The van der Waals surface area contributed by atoms with E-state index in [1.165, 1.54) is 18.2 Å². The maximum atomic E-state index is 11.6. The first kappa shape index (κ1) is 22.4. The summed E-state index contributed by atoms with van der Waals surface area (Å²) in [6, 6.07) is 10.3. The van der Waals surface area contributed by atoms with Gasteiger partial charge in [0.25, 0.3) is 0 Å². The lowest BCUT2D eigenvalue weighted by atomic mass is 9.91. The van der Waals surface area contributed by atoms with Gasteiger partial charge in [-0.1, -0.05) is 69.7 Å². The lowest BCUT2D eigenvalue weighted by molar-refractivity contribution is -0.145. The summed E-state index contributed by atoms with van der Waals surface area (Å²) in [5.41, 5.74) is 2.58. The van der Waals surface area contributed by atoms with Gasteiger partial charge in [0.05, 0.1) is 25.7 Å². The summed E-state index contributed by atoms with van der Waals surface area (Å²) in [5.74, 6) is 0.774. The molecule has 0 amide bonds. The Labute approximate surface area is 159 Å². The average Bonchev–Trinajstić information content (AvgIpc) is 2.61. The van der Waals surface area contributed by atoms with Gasteiger partial charge in [0.15, 0.2) is 0 Å². The molecule has 0 aromatic heterocycles. The molecule has 0 aliphatic carbocycles. The zero-order valence-corrected chi connectivity index (χ0v) is 17.3. The minimum absolute atomic E-state index is 0.0413. The number of carbonyl (C=O) groups is 1. The molecule has 0 unspecified atom stereocenters. The van der Waals surface area contributed by atoms with Crippen LogP contribution in [0.5, 0.6) is 0 Å². The molecule has 3 nitrogen and oxygen atoms in total. The molecule has 0 saturated carbocycles. The van der Waals surface area contributed by atoms with Crippen molar-refractivity contribution in [2.75, 3.05) is 7.11 Å². The van der Waals surface area contributed by atoms with E-state index in [9.17, 15) is 4.79 Å². The highest BCUT2D eigenvalue weighted by Crippen LogP contribution is 2.22. The summed E-state index contributed by atoms with van der Waals surface area (Å²) in [6.45, 7) is 11.4. The number of hydrogen-bond donors (Lipinski definition) is 0. The summed E-state index contributed by atoms with van der Waals surface area (Å²) >= 11 is 0. The molecular weight excluding hydrogens is 324 g/mol. The average molecular weight is 361 g/mol. The molecule has 1 aromatic rings. The number of esters is 1. The molecule has 26 heavy (non-hydrogen) atoms. The molecule has 0 spiro atoms. The minimum atomic E-state index is -0.118. The van der Waals surface area contributed by atoms with Crippen LogP contribution in [0.25, 0.3) is 0 Å². The van der Waals surface area contributed by atoms with E-state index < -0.39 is 0 Å². The summed E-state index contributed by atoms with van der Waals surface area (Å²) in [7, 11) is 1.45. The molecule has 0 radical (unpaired) electrons. The van der Waals surface area contributed by atoms with Gasteiger partial charge in [-0.3, -0.25) is 4.79 Å². The van der Waals surface area contributed by atoms with E-state index in [4.69, 9.17) is 9.47 Å². The quantitative estimate of drug-likeness (QED) is 0.370. The normalized spacial score (nSPS) is 15.6. The van der Waals surface area contributed by atoms with Gasteiger partial charge in [-0.2, -0.15) is 0 Å². The zero-order valence-electron chi connectivity index (χ0n) is 17.3. The summed E-state index contributed by atoms with van der Waals surface area (Å²) in [5, 5.41) is 0. The van der Waals surface area contributed by atoms with Crippen molar-refractivity contribution in [2.45, 2.75) is 66.6 Å². The number of methoxy groups -OCH3 is 1. The van der Waals surface area contributed by atoms with Crippen molar-refractivity contribution in [3.8, 4) is 0 Å². The van der Waals surface area contributed by atoms with Crippen LogP contribution < -0.4 is 0 Å². The van der Waals surface area contributed by atoms with Gasteiger partial charge in [-0.15, -0.1) is 0 Å². The van der Waals surface area contributed by atoms with Crippen LogP contribution in [0.15, 0.2) is 42.0 Å². The van der Waals surface area contributed by atoms with E-state index in [1.807, 2.05) is 25.1 Å².